The lowest BCUT2D eigenvalue weighted by atomic mass is 10.1. The molecule has 0 saturated heterocycles. The maximum absolute atomic E-state index is 15.0. The third-order valence-electron chi connectivity index (χ3n) is 5.96. The molecule has 0 unspecified atom stereocenters. The van der Waals surface area contributed by atoms with Gasteiger partial charge in [0, 0.05) is 12.0 Å². The molecule has 9 heteroatoms. The number of benzene rings is 2. The Morgan fingerprint density at radius 2 is 1.94 bits per heavy atom. The standard InChI is InChI=1S/C24H22FN3O5/c1-23(11-12-23)10-9-15-5-2-8-18-20(15)33-14-4-13-27(18)21-19-16(25)6-3-7-17(19)28(22(29)26-21)24(30,31)32/h2-3,5-8,30-32H,4,11-14H2,1H3. The molecule has 0 bridgehead atoms. The molecule has 0 atom stereocenters. The van der Waals surface area contributed by atoms with Gasteiger partial charge in [-0.25, -0.2) is 13.8 Å². The van der Waals surface area contributed by atoms with Crippen molar-refractivity contribution < 1.29 is 24.4 Å². The second-order valence-electron chi connectivity index (χ2n) is 8.61. The summed E-state index contributed by atoms with van der Waals surface area (Å²) in [7, 11) is 0. The Labute approximate surface area is 188 Å². The fourth-order valence-corrected chi connectivity index (χ4v) is 3.96. The highest BCUT2D eigenvalue weighted by Gasteiger charge is 2.35. The van der Waals surface area contributed by atoms with Gasteiger partial charge in [0.1, 0.15) is 5.82 Å². The largest absolute Gasteiger partial charge is 0.490 e. The number of rotatable bonds is 2. The quantitative estimate of drug-likeness (QED) is 0.405. The van der Waals surface area contributed by atoms with E-state index in [9.17, 15) is 20.1 Å². The van der Waals surface area contributed by atoms with Gasteiger partial charge in [0.25, 0.3) is 0 Å². The van der Waals surface area contributed by atoms with Crippen molar-refractivity contribution >= 4 is 22.4 Å². The predicted octanol–water partition coefficient (Wildman–Crippen LogP) is 2.15. The summed E-state index contributed by atoms with van der Waals surface area (Å²) >= 11 is 0. The molecule has 0 spiro atoms. The summed E-state index contributed by atoms with van der Waals surface area (Å²) in [6.07, 6.45) is -0.884. The topological polar surface area (TPSA) is 108 Å². The highest BCUT2D eigenvalue weighted by molar-refractivity contribution is 5.93. The van der Waals surface area contributed by atoms with E-state index >= 15 is 4.39 Å². The zero-order valence-corrected chi connectivity index (χ0v) is 17.9. The summed E-state index contributed by atoms with van der Waals surface area (Å²) in [5, 5.41) is 28.9. The van der Waals surface area contributed by atoms with Gasteiger partial charge in [0.05, 0.1) is 28.8 Å². The Hall–Kier alpha value is -3.45. The van der Waals surface area contributed by atoms with Crippen molar-refractivity contribution in [2.45, 2.75) is 32.3 Å². The Kier molecular flexibility index (Phi) is 4.90. The van der Waals surface area contributed by atoms with Crippen LogP contribution in [0.25, 0.3) is 10.9 Å². The van der Waals surface area contributed by atoms with Gasteiger partial charge in [0.2, 0.25) is 0 Å². The Balaban J connectivity index is 1.74. The average molecular weight is 451 g/mol. The van der Waals surface area contributed by atoms with E-state index in [1.165, 1.54) is 18.2 Å². The first-order valence-electron chi connectivity index (χ1n) is 10.6. The van der Waals surface area contributed by atoms with E-state index in [1.807, 2.05) is 6.07 Å². The number of para-hydroxylation sites is 1. The molecule has 3 aromatic rings. The van der Waals surface area contributed by atoms with Crippen LogP contribution < -0.4 is 15.3 Å². The van der Waals surface area contributed by atoms with E-state index in [0.717, 1.165) is 12.8 Å². The highest BCUT2D eigenvalue weighted by atomic mass is 19.1. The summed E-state index contributed by atoms with van der Waals surface area (Å²) in [6.45, 7) is 2.86. The molecule has 2 heterocycles. The summed E-state index contributed by atoms with van der Waals surface area (Å²) < 4.78 is 21.3. The molecule has 3 N–H and O–H groups in total. The van der Waals surface area contributed by atoms with Gasteiger partial charge < -0.3 is 25.0 Å². The minimum absolute atomic E-state index is 0.0142. The highest BCUT2D eigenvalue weighted by Crippen LogP contribution is 2.45. The molecule has 2 aliphatic rings. The fraction of sp³-hybridized carbons (Fsp3) is 0.333. The average Bonchev–Trinajstić information content (AvgIpc) is 3.52. The maximum atomic E-state index is 15.0. The zero-order chi connectivity index (χ0) is 23.4. The van der Waals surface area contributed by atoms with Crippen LogP contribution in [-0.2, 0) is 6.10 Å². The molecule has 1 saturated carbocycles. The Morgan fingerprint density at radius 3 is 2.67 bits per heavy atom. The van der Waals surface area contributed by atoms with Crippen LogP contribution in [0.3, 0.4) is 0 Å². The number of fused-ring (bicyclic) bond motifs is 2. The van der Waals surface area contributed by atoms with Crippen molar-refractivity contribution in [3.63, 3.8) is 0 Å². The molecule has 1 aliphatic carbocycles. The number of halogens is 1. The minimum Gasteiger partial charge on any atom is -0.490 e. The molecule has 1 aliphatic heterocycles. The molecule has 5 rings (SSSR count). The monoisotopic (exact) mass is 451 g/mol. The number of nitrogens with zero attached hydrogens (tertiary/aromatic N) is 3. The van der Waals surface area contributed by atoms with Gasteiger partial charge >= 0.3 is 11.8 Å². The molecule has 1 aromatic heterocycles. The van der Waals surface area contributed by atoms with E-state index in [0.29, 0.717) is 36.6 Å². The van der Waals surface area contributed by atoms with Gasteiger partial charge in [0.15, 0.2) is 11.6 Å². The molecule has 1 fully saturated rings. The SMILES string of the molecule is CC1(C#Cc2cccc3c2OCCCN3c2nc(=O)n(C(O)(O)O)c3cccc(F)c23)CC1. The first-order chi connectivity index (χ1) is 15.7. The van der Waals surface area contributed by atoms with Gasteiger partial charge in [-0.05, 0) is 50.5 Å². The van der Waals surface area contributed by atoms with E-state index in [4.69, 9.17) is 4.74 Å². The van der Waals surface area contributed by atoms with Crippen molar-refractivity contribution in [1.29, 1.82) is 0 Å². The molecule has 0 amide bonds. The van der Waals surface area contributed by atoms with Crippen LogP contribution in [0.2, 0.25) is 0 Å². The zero-order valence-electron chi connectivity index (χ0n) is 17.9. The van der Waals surface area contributed by atoms with Crippen LogP contribution in [-0.4, -0.2) is 38.0 Å². The smallest absolute Gasteiger partial charge is 0.377 e. The summed E-state index contributed by atoms with van der Waals surface area (Å²) in [4.78, 5) is 18.3. The number of hydrogen-bond acceptors (Lipinski definition) is 7. The lowest BCUT2D eigenvalue weighted by Crippen LogP contribution is -2.43. The minimum atomic E-state index is -3.55. The molecule has 170 valence electrons. The molecule has 8 nitrogen and oxygen atoms in total. The first kappa shape index (κ1) is 21.4. The number of hydrogen-bond donors (Lipinski definition) is 3. The van der Waals surface area contributed by atoms with Gasteiger partial charge in [-0.2, -0.15) is 4.98 Å². The Bertz CT molecular complexity index is 1380. The van der Waals surface area contributed by atoms with Crippen LogP contribution in [0.1, 0.15) is 31.7 Å². The summed E-state index contributed by atoms with van der Waals surface area (Å²) in [6, 6.07) is 9.20. The fourth-order valence-electron chi connectivity index (χ4n) is 3.96. The van der Waals surface area contributed by atoms with Crippen molar-refractivity contribution in [1.82, 2.24) is 9.55 Å². The molecular weight excluding hydrogens is 429 g/mol. The van der Waals surface area contributed by atoms with Crippen LogP contribution in [0.4, 0.5) is 15.9 Å². The van der Waals surface area contributed by atoms with Crippen molar-refractivity contribution in [3.05, 3.63) is 58.3 Å². The van der Waals surface area contributed by atoms with Crippen molar-refractivity contribution in [3.8, 4) is 17.6 Å². The number of aromatic nitrogens is 2. The number of ether oxygens (including phenoxy) is 1. The van der Waals surface area contributed by atoms with E-state index in [-0.39, 0.29) is 26.7 Å². The summed E-state index contributed by atoms with van der Waals surface area (Å²) in [5.74, 6) is 6.25. The lowest BCUT2D eigenvalue weighted by molar-refractivity contribution is -0.374. The number of anilines is 2. The van der Waals surface area contributed by atoms with Crippen molar-refractivity contribution in [2.24, 2.45) is 5.41 Å². The number of aliphatic hydroxyl groups is 3. The van der Waals surface area contributed by atoms with Crippen molar-refractivity contribution in [2.75, 3.05) is 18.1 Å². The van der Waals surface area contributed by atoms with Crippen LogP contribution >= 0.6 is 0 Å². The molecular formula is C24H22FN3O5. The van der Waals surface area contributed by atoms with E-state index in [1.54, 1.807) is 17.0 Å². The third-order valence-corrected chi connectivity index (χ3v) is 5.96. The second-order valence-corrected chi connectivity index (χ2v) is 8.61. The van der Waals surface area contributed by atoms with E-state index < -0.39 is 17.6 Å². The molecule has 2 aromatic carbocycles. The van der Waals surface area contributed by atoms with Gasteiger partial charge in [-0.15, -0.1) is 0 Å². The van der Waals surface area contributed by atoms with Crippen LogP contribution in [0.15, 0.2) is 41.2 Å². The normalized spacial score (nSPS) is 16.9. The summed E-state index contributed by atoms with van der Waals surface area (Å²) in [5.41, 5.74) is -0.102. The molecule has 0 radical (unpaired) electrons. The van der Waals surface area contributed by atoms with Crippen LogP contribution in [0, 0.1) is 23.1 Å². The third kappa shape index (κ3) is 3.82. The molecule has 33 heavy (non-hydrogen) atoms. The second kappa shape index (κ2) is 7.56. The predicted molar refractivity (Wildman–Crippen MR) is 118 cm³/mol. The van der Waals surface area contributed by atoms with Gasteiger partial charge in [-0.1, -0.05) is 24.0 Å². The van der Waals surface area contributed by atoms with E-state index in [2.05, 4.69) is 23.7 Å². The van der Waals surface area contributed by atoms with Crippen LogP contribution in [0.5, 0.6) is 5.75 Å². The first-order valence-corrected chi connectivity index (χ1v) is 10.6. The maximum Gasteiger partial charge on any atom is 0.377 e. The van der Waals surface area contributed by atoms with Gasteiger partial charge in [-0.3, -0.25) is 0 Å². The Morgan fingerprint density at radius 1 is 1.18 bits per heavy atom. The lowest BCUT2D eigenvalue weighted by Gasteiger charge is -2.26.